The van der Waals surface area contributed by atoms with Gasteiger partial charge in [0.1, 0.15) is 0 Å². The van der Waals surface area contributed by atoms with Gasteiger partial charge in [0.25, 0.3) is 0 Å². The largest absolute Gasteiger partial charge is 0.378 e. The van der Waals surface area contributed by atoms with Gasteiger partial charge >= 0.3 is 0 Å². The minimum atomic E-state index is 0.00235. The summed E-state index contributed by atoms with van der Waals surface area (Å²) >= 11 is 0. The van der Waals surface area contributed by atoms with Gasteiger partial charge in [0.2, 0.25) is 5.91 Å². The molecule has 0 bridgehead atoms. The average molecular weight is 383 g/mol. The fourth-order valence-electron chi connectivity index (χ4n) is 4.32. The summed E-state index contributed by atoms with van der Waals surface area (Å²) < 4.78 is 7.38. The molecule has 6 heteroatoms. The van der Waals surface area contributed by atoms with Crippen LogP contribution in [0.5, 0.6) is 0 Å². The summed E-state index contributed by atoms with van der Waals surface area (Å²) in [6.07, 6.45) is 3.25. The van der Waals surface area contributed by atoms with E-state index in [9.17, 15) is 4.79 Å². The van der Waals surface area contributed by atoms with Gasteiger partial charge in [0.05, 0.1) is 30.6 Å². The zero-order valence-corrected chi connectivity index (χ0v) is 16.9. The third-order valence-electron chi connectivity index (χ3n) is 5.80. The normalized spacial score (nSPS) is 21.1. The van der Waals surface area contributed by atoms with E-state index in [4.69, 9.17) is 4.74 Å². The number of amides is 1. The molecule has 2 aromatic rings. The third kappa shape index (κ3) is 4.13. The fraction of sp³-hybridized carbons (Fsp3) is 0.545. The fourth-order valence-corrected chi connectivity index (χ4v) is 4.32. The lowest BCUT2D eigenvalue weighted by atomic mass is 9.99. The van der Waals surface area contributed by atoms with E-state index in [-0.39, 0.29) is 11.9 Å². The topological polar surface area (TPSA) is 50.6 Å². The van der Waals surface area contributed by atoms with Crippen LogP contribution < -0.4 is 0 Å². The van der Waals surface area contributed by atoms with E-state index in [1.54, 1.807) is 0 Å². The van der Waals surface area contributed by atoms with E-state index in [0.29, 0.717) is 13.2 Å². The summed E-state index contributed by atoms with van der Waals surface area (Å²) in [6, 6.07) is 10.7. The summed E-state index contributed by atoms with van der Waals surface area (Å²) in [7, 11) is 0. The van der Waals surface area contributed by atoms with Crippen LogP contribution in [0.4, 0.5) is 0 Å². The molecule has 1 amide bonds. The molecule has 2 aliphatic rings. The van der Waals surface area contributed by atoms with Crippen molar-refractivity contribution < 1.29 is 9.53 Å². The Morgan fingerprint density at radius 1 is 1.11 bits per heavy atom. The van der Waals surface area contributed by atoms with Gasteiger partial charge in [0.15, 0.2) is 0 Å². The van der Waals surface area contributed by atoms with Crippen LogP contribution in [-0.4, -0.2) is 64.4 Å². The number of benzene rings is 1. The Kier molecular flexibility index (Phi) is 5.78. The Bertz CT molecular complexity index is 808. The molecular weight excluding hydrogens is 352 g/mol. The average Bonchev–Trinajstić information content (AvgIpc) is 3.07. The molecule has 4 rings (SSSR count). The molecule has 0 saturated carbocycles. The van der Waals surface area contributed by atoms with Crippen molar-refractivity contribution in [2.45, 2.75) is 45.7 Å². The number of carbonyl (C=O) groups excluding carboxylic acids is 1. The zero-order chi connectivity index (χ0) is 19.5. The maximum absolute atomic E-state index is 13.0. The van der Waals surface area contributed by atoms with E-state index in [0.717, 1.165) is 62.5 Å². The number of hydrogen-bond donors (Lipinski definition) is 0. The van der Waals surface area contributed by atoms with Gasteiger partial charge in [-0.2, -0.15) is 5.10 Å². The summed E-state index contributed by atoms with van der Waals surface area (Å²) in [6.45, 7) is 8.65. The Labute approximate surface area is 167 Å². The predicted molar refractivity (Wildman–Crippen MR) is 108 cm³/mol. The minimum Gasteiger partial charge on any atom is -0.378 e. The molecule has 1 aromatic carbocycles. The zero-order valence-electron chi connectivity index (χ0n) is 16.9. The quantitative estimate of drug-likeness (QED) is 0.816. The molecule has 1 unspecified atom stereocenters. The number of ether oxygens (including phenoxy) is 1. The minimum absolute atomic E-state index is 0.00235. The van der Waals surface area contributed by atoms with E-state index >= 15 is 0 Å². The van der Waals surface area contributed by atoms with Crippen molar-refractivity contribution in [2.75, 3.05) is 32.8 Å². The van der Waals surface area contributed by atoms with Gasteiger partial charge in [-0.15, -0.1) is 0 Å². The van der Waals surface area contributed by atoms with Gasteiger partial charge in [-0.05, 0) is 57.0 Å². The number of rotatable bonds is 4. The van der Waals surface area contributed by atoms with Crippen molar-refractivity contribution in [3.05, 3.63) is 47.3 Å². The number of carbonyl (C=O) groups is 1. The van der Waals surface area contributed by atoms with Crippen molar-refractivity contribution in [1.29, 1.82) is 0 Å². The number of hydrogen-bond acceptors (Lipinski definition) is 4. The maximum Gasteiger partial charge on any atom is 0.240 e. The smallest absolute Gasteiger partial charge is 0.240 e. The molecule has 2 fully saturated rings. The molecule has 0 aliphatic carbocycles. The van der Waals surface area contributed by atoms with Crippen LogP contribution in [0.15, 0.2) is 30.3 Å². The summed E-state index contributed by atoms with van der Waals surface area (Å²) in [4.78, 5) is 17.4. The predicted octanol–water partition coefficient (Wildman–Crippen LogP) is 2.70. The number of aromatic nitrogens is 2. The monoisotopic (exact) mass is 382 g/mol. The number of piperidine rings is 1. The van der Waals surface area contributed by atoms with E-state index in [1.165, 1.54) is 5.56 Å². The van der Waals surface area contributed by atoms with Gasteiger partial charge in [-0.25, -0.2) is 4.68 Å². The lowest BCUT2D eigenvalue weighted by Gasteiger charge is -2.38. The molecule has 2 aliphatic heterocycles. The maximum atomic E-state index is 13.0. The van der Waals surface area contributed by atoms with Crippen LogP contribution >= 0.6 is 0 Å². The highest BCUT2D eigenvalue weighted by molar-refractivity contribution is 5.82. The lowest BCUT2D eigenvalue weighted by molar-refractivity contribution is -0.142. The molecule has 0 spiro atoms. The van der Waals surface area contributed by atoms with Crippen molar-refractivity contribution in [3.63, 3.8) is 0 Å². The third-order valence-corrected chi connectivity index (χ3v) is 5.80. The number of nitrogens with zero attached hydrogens (tertiary/aromatic N) is 4. The Balaban J connectivity index is 1.45. The van der Waals surface area contributed by atoms with Gasteiger partial charge < -0.3 is 9.64 Å². The van der Waals surface area contributed by atoms with Gasteiger partial charge in [-0.3, -0.25) is 9.69 Å². The van der Waals surface area contributed by atoms with Crippen molar-refractivity contribution in [2.24, 2.45) is 0 Å². The summed E-state index contributed by atoms with van der Waals surface area (Å²) in [5.41, 5.74) is 4.48. The molecule has 3 heterocycles. The van der Waals surface area contributed by atoms with Crippen molar-refractivity contribution in [3.8, 4) is 5.69 Å². The summed E-state index contributed by atoms with van der Waals surface area (Å²) in [5.74, 6) is 0.280. The van der Waals surface area contributed by atoms with Crippen LogP contribution in [0, 0.1) is 13.8 Å². The van der Waals surface area contributed by atoms with Crippen LogP contribution in [0.3, 0.4) is 0 Å². The number of likely N-dealkylation sites (tertiary alicyclic amines) is 1. The highest BCUT2D eigenvalue weighted by atomic mass is 16.5. The Morgan fingerprint density at radius 2 is 1.86 bits per heavy atom. The van der Waals surface area contributed by atoms with E-state index in [2.05, 4.69) is 47.3 Å². The standard InChI is InChI=1S/C22H30N4O2/c1-17-15-18(2)26(23-17)20-8-6-19(7-9-20)16-25-10-4-3-5-21(25)22(27)24-11-13-28-14-12-24/h6-9,15,21H,3-5,10-14,16H2,1-2H3. The van der Waals surface area contributed by atoms with Crippen molar-refractivity contribution >= 4 is 5.91 Å². The molecule has 0 radical (unpaired) electrons. The Hall–Kier alpha value is -2.18. The molecule has 0 N–H and O–H groups in total. The first-order valence-corrected chi connectivity index (χ1v) is 10.3. The molecule has 6 nitrogen and oxygen atoms in total. The first kappa shape index (κ1) is 19.2. The lowest BCUT2D eigenvalue weighted by Crippen LogP contribution is -2.53. The molecule has 150 valence electrons. The van der Waals surface area contributed by atoms with Gasteiger partial charge in [-0.1, -0.05) is 18.6 Å². The van der Waals surface area contributed by atoms with Crippen LogP contribution in [0.1, 0.15) is 36.2 Å². The van der Waals surface area contributed by atoms with Crippen LogP contribution in [-0.2, 0) is 16.1 Å². The SMILES string of the molecule is Cc1cc(C)n(-c2ccc(CN3CCCCC3C(=O)N3CCOCC3)cc2)n1. The first-order chi connectivity index (χ1) is 13.6. The number of morpholine rings is 1. The van der Waals surface area contributed by atoms with Crippen molar-refractivity contribution in [1.82, 2.24) is 19.6 Å². The molecule has 1 atom stereocenters. The summed E-state index contributed by atoms with van der Waals surface area (Å²) in [5, 5.41) is 4.56. The number of aryl methyl sites for hydroxylation is 2. The molecule has 2 saturated heterocycles. The second-order valence-electron chi connectivity index (χ2n) is 7.93. The highest BCUT2D eigenvalue weighted by Gasteiger charge is 2.32. The highest BCUT2D eigenvalue weighted by Crippen LogP contribution is 2.23. The molecule has 28 heavy (non-hydrogen) atoms. The second kappa shape index (κ2) is 8.45. The van der Waals surface area contributed by atoms with E-state index in [1.807, 2.05) is 16.5 Å². The van der Waals surface area contributed by atoms with Crippen LogP contribution in [0.2, 0.25) is 0 Å². The van der Waals surface area contributed by atoms with Gasteiger partial charge in [0, 0.05) is 25.3 Å². The molecule has 1 aromatic heterocycles. The van der Waals surface area contributed by atoms with Crippen LogP contribution in [0.25, 0.3) is 5.69 Å². The molecular formula is C22H30N4O2. The second-order valence-corrected chi connectivity index (χ2v) is 7.93. The van der Waals surface area contributed by atoms with E-state index < -0.39 is 0 Å². The first-order valence-electron chi connectivity index (χ1n) is 10.3. The Morgan fingerprint density at radius 3 is 2.54 bits per heavy atom.